The monoisotopic (exact) mass is 141 g/mol. The molecule has 2 heteroatoms. The van der Waals surface area contributed by atoms with Crippen LogP contribution >= 0.6 is 0 Å². The van der Waals surface area contributed by atoms with Crippen LogP contribution in [0.15, 0.2) is 0 Å². The van der Waals surface area contributed by atoms with Crippen LogP contribution in [-0.2, 0) is 4.79 Å². The minimum atomic E-state index is 0.474. The van der Waals surface area contributed by atoms with E-state index in [4.69, 9.17) is 0 Å². The lowest BCUT2D eigenvalue weighted by Gasteiger charge is -2.45. The van der Waals surface area contributed by atoms with Gasteiger partial charge in [-0.15, -0.1) is 0 Å². The molecule has 0 heterocycles. The van der Waals surface area contributed by atoms with E-state index in [1.807, 2.05) is 7.05 Å². The van der Waals surface area contributed by atoms with Gasteiger partial charge in [-0.1, -0.05) is 13.8 Å². The zero-order valence-corrected chi connectivity index (χ0v) is 6.92. The van der Waals surface area contributed by atoms with Gasteiger partial charge in [-0.05, 0) is 18.3 Å². The van der Waals surface area contributed by atoms with Crippen LogP contribution in [0, 0.1) is 5.41 Å². The Morgan fingerprint density at radius 3 is 2.30 bits per heavy atom. The van der Waals surface area contributed by atoms with Gasteiger partial charge < -0.3 is 4.90 Å². The molecule has 0 N–H and O–H groups in total. The average molecular weight is 141 g/mol. The van der Waals surface area contributed by atoms with Gasteiger partial charge in [0.25, 0.3) is 0 Å². The van der Waals surface area contributed by atoms with E-state index in [1.54, 1.807) is 4.90 Å². The van der Waals surface area contributed by atoms with Gasteiger partial charge in [0.15, 0.2) is 0 Å². The maximum absolute atomic E-state index is 10.3. The van der Waals surface area contributed by atoms with Crippen LogP contribution in [0.3, 0.4) is 0 Å². The summed E-state index contributed by atoms with van der Waals surface area (Å²) < 4.78 is 0. The first kappa shape index (κ1) is 7.58. The molecule has 0 atom stereocenters. The van der Waals surface area contributed by atoms with Crippen molar-refractivity contribution in [2.24, 2.45) is 5.41 Å². The van der Waals surface area contributed by atoms with Crippen molar-refractivity contribution in [3.05, 3.63) is 0 Å². The van der Waals surface area contributed by atoms with Gasteiger partial charge in [0.1, 0.15) is 0 Å². The van der Waals surface area contributed by atoms with Gasteiger partial charge in [-0.3, -0.25) is 4.79 Å². The maximum atomic E-state index is 10.3. The van der Waals surface area contributed by atoms with Crippen LogP contribution in [0.25, 0.3) is 0 Å². The summed E-state index contributed by atoms with van der Waals surface area (Å²) >= 11 is 0. The van der Waals surface area contributed by atoms with Crippen LogP contribution in [-0.4, -0.2) is 24.4 Å². The molecule has 1 aliphatic rings. The van der Waals surface area contributed by atoms with E-state index >= 15 is 0 Å². The third kappa shape index (κ3) is 1.31. The highest BCUT2D eigenvalue weighted by Gasteiger charge is 2.37. The van der Waals surface area contributed by atoms with E-state index in [1.165, 1.54) is 0 Å². The standard InChI is InChI=1S/C8H15NO/c1-8(2)4-7(5-8)9(3)6-10/h6-7H,4-5H2,1-3H3. The highest BCUT2D eigenvalue weighted by Crippen LogP contribution is 2.41. The second-order valence-electron chi connectivity index (χ2n) is 4.00. The van der Waals surface area contributed by atoms with Crippen molar-refractivity contribution in [1.29, 1.82) is 0 Å². The lowest BCUT2D eigenvalue weighted by Crippen LogP contribution is -2.46. The molecule has 0 aromatic carbocycles. The maximum Gasteiger partial charge on any atom is 0.209 e. The molecule has 10 heavy (non-hydrogen) atoms. The SMILES string of the molecule is CN(C=O)C1CC(C)(C)C1. The summed E-state index contributed by atoms with van der Waals surface area (Å²) in [6.07, 6.45) is 3.23. The number of carbonyl (C=O) groups is 1. The highest BCUT2D eigenvalue weighted by atomic mass is 16.1. The lowest BCUT2D eigenvalue weighted by molar-refractivity contribution is -0.122. The first-order valence-electron chi connectivity index (χ1n) is 3.72. The molecule has 1 aliphatic carbocycles. The second-order valence-corrected chi connectivity index (χ2v) is 4.00. The molecule has 1 amide bonds. The summed E-state index contributed by atoms with van der Waals surface area (Å²) in [4.78, 5) is 12.0. The number of rotatable bonds is 2. The first-order valence-corrected chi connectivity index (χ1v) is 3.72. The molecule has 0 spiro atoms. The molecular formula is C8H15NO. The number of nitrogens with zero attached hydrogens (tertiary/aromatic N) is 1. The van der Waals surface area contributed by atoms with Crippen molar-refractivity contribution in [2.75, 3.05) is 7.05 Å². The van der Waals surface area contributed by atoms with E-state index in [2.05, 4.69) is 13.8 Å². The Kier molecular flexibility index (Phi) is 1.71. The molecule has 0 bridgehead atoms. The smallest absolute Gasteiger partial charge is 0.209 e. The molecule has 2 nitrogen and oxygen atoms in total. The van der Waals surface area contributed by atoms with Crippen LogP contribution in [0.5, 0.6) is 0 Å². The van der Waals surface area contributed by atoms with Gasteiger partial charge in [-0.2, -0.15) is 0 Å². The summed E-state index contributed by atoms with van der Waals surface area (Å²) in [6.45, 7) is 4.48. The van der Waals surface area contributed by atoms with E-state index in [9.17, 15) is 4.79 Å². The molecule has 0 saturated heterocycles. The van der Waals surface area contributed by atoms with Gasteiger partial charge in [-0.25, -0.2) is 0 Å². The minimum absolute atomic E-state index is 0.474. The molecule has 58 valence electrons. The predicted octanol–water partition coefficient (Wildman–Crippen LogP) is 1.26. The number of hydrogen-bond acceptors (Lipinski definition) is 1. The number of hydrogen-bond donors (Lipinski definition) is 0. The van der Waals surface area contributed by atoms with Crippen LogP contribution in [0.4, 0.5) is 0 Å². The number of carbonyl (C=O) groups excluding carboxylic acids is 1. The molecule has 0 unspecified atom stereocenters. The van der Waals surface area contributed by atoms with Gasteiger partial charge in [0.05, 0.1) is 0 Å². The van der Waals surface area contributed by atoms with Crippen LogP contribution < -0.4 is 0 Å². The fourth-order valence-corrected chi connectivity index (χ4v) is 1.59. The molecule has 0 radical (unpaired) electrons. The van der Waals surface area contributed by atoms with E-state index in [0.717, 1.165) is 19.3 Å². The Balaban J connectivity index is 2.32. The van der Waals surface area contributed by atoms with Crippen LogP contribution in [0.2, 0.25) is 0 Å². The van der Waals surface area contributed by atoms with E-state index < -0.39 is 0 Å². The normalized spacial score (nSPS) is 23.5. The molecule has 1 fully saturated rings. The van der Waals surface area contributed by atoms with Crippen molar-refractivity contribution in [3.8, 4) is 0 Å². The Hall–Kier alpha value is -0.530. The molecule has 0 aromatic rings. The highest BCUT2D eigenvalue weighted by molar-refractivity contribution is 5.47. The Morgan fingerprint density at radius 2 is 2.00 bits per heavy atom. The van der Waals surface area contributed by atoms with Crippen molar-refractivity contribution in [1.82, 2.24) is 4.90 Å². The van der Waals surface area contributed by atoms with E-state index in [-0.39, 0.29) is 0 Å². The van der Waals surface area contributed by atoms with Crippen molar-refractivity contribution in [2.45, 2.75) is 32.7 Å². The zero-order chi connectivity index (χ0) is 7.78. The van der Waals surface area contributed by atoms with Crippen molar-refractivity contribution < 1.29 is 4.79 Å². The first-order chi connectivity index (χ1) is 4.55. The minimum Gasteiger partial charge on any atom is -0.345 e. The zero-order valence-electron chi connectivity index (χ0n) is 6.92. The number of amides is 1. The molecule has 0 aliphatic heterocycles. The van der Waals surface area contributed by atoms with Crippen molar-refractivity contribution in [3.63, 3.8) is 0 Å². The van der Waals surface area contributed by atoms with Gasteiger partial charge >= 0.3 is 0 Å². The topological polar surface area (TPSA) is 20.3 Å². The van der Waals surface area contributed by atoms with Gasteiger partial charge in [0, 0.05) is 13.1 Å². The average Bonchev–Trinajstić information content (AvgIpc) is 1.81. The van der Waals surface area contributed by atoms with Crippen LogP contribution in [0.1, 0.15) is 26.7 Å². The Bertz CT molecular complexity index is 134. The van der Waals surface area contributed by atoms with Crippen molar-refractivity contribution >= 4 is 6.41 Å². The summed E-state index contributed by atoms with van der Waals surface area (Å²) in [5.74, 6) is 0. The Morgan fingerprint density at radius 1 is 1.50 bits per heavy atom. The summed E-state index contributed by atoms with van der Waals surface area (Å²) in [5, 5.41) is 0. The fraction of sp³-hybridized carbons (Fsp3) is 0.875. The molecular weight excluding hydrogens is 126 g/mol. The quantitative estimate of drug-likeness (QED) is 0.530. The second kappa shape index (κ2) is 2.26. The molecule has 0 aromatic heterocycles. The summed E-state index contributed by atoms with van der Waals surface area (Å²) in [5.41, 5.74) is 0.474. The Labute approximate surface area is 62.2 Å². The van der Waals surface area contributed by atoms with Gasteiger partial charge in [0.2, 0.25) is 6.41 Å². The lowest BCUT2D eigenvalue weighted by atomic mass is 9.68. The molecule has 1 saturated carbocycles. The summed E-state index contributed by atoms with van der Waals surface area (Å²) in [7, 11) is 1.85. The summed E-state index contributed by atoms with van der Waals surface area (Å²) in [6, 6.07) is 0.507. The largest absolute Gasteiger partial charge is 0.345 e. The molecule has 1 rings (SSSR count). The van der Waals surface area contributed by atoms with E-state index in [0.29, 0.717) is 11.5 Å². The third-order valence-electron chi connectivity index (χ3n) is 2.32. The third-order valence-corrected chi connectivity index (χ3v) is 2.32. The fourth-order valence-electron chi connectivity index (χ4n) is 1.59. The predicted molar refractivity (Wildman–Crippen MR) is 40.6 cm³/mol.